The van der Waals surface area contributed by atoms with Crippen molar-refractivity contribution in [2.75, 3.05) is 0 Å². The molecule has 0 fully saturated rings. The molecule has 14 heavy (non-hydrogen) atoms. The fraction of sp³-hybridized carbons (Fsp3) is 1.00. The Balaban J connectivity index is 4.61. The van der Waals surface area contributed by atoms with Gasteiger partial charge >= 0.3 is 0 Å². The molecule has 0 bridgehead atoms. The van der Waals surface area contributed by atoms with Gasteiger partial charge < -0.3 is 9.53 Å². The Morgan fingerprint density at radius 1 is 1.21 bits per heavy atom. The van der Waals surface area contributed by atoms with Crippen molar-refractivity contribution in [2.24, 2.45) is 0 Å². The summed E-state index contributed by atoms with van der Waals surface area (Å²) in [6, 6.07) is 0. The van der Waals surface area contributed by atoms with Crippen LogP contribution in [0.25, 0.3) is 0 Å². The van der Waals surface area contributed by atoms with Crippen LogP contribution in [-0.2, 0) is 4.43 Å². The molecule has 0 heterocycles. The fourth-order valence-electron chi connectivity index (χ4n) is 1.10. The minimum atomic E-state index is -3.23. The van der Waals surface area contributed by atoms with Gasteiger partial charge in [-0.25, -0.2) is 8.78 Å². The molecule has 0 aromatic carbocycles. The van der Waals surface area contributed by atoms with Gasteiger partial charge in [0.15, 0.2) is 8.32 Å². The predicted octanol–water partition coefficient (Wildman–Crippen LogP) is 2.63. The third-order valence-electron chi connectivity index (χ3n) is 1.86. The lowest BCUT2D eigenvalue weighted by Crippen LogP contribution is -2.53. The van der Waals surface area contributed by atoms with Gasteiger partial charge in [-0.1, -0.05) is 0 Å². The molecule has 0 saturated carbocycles. The van der Waals surface area contributed by atoms with E-state index in [0.29, 0.717) is 0 Å². The second-order valence-corrected chi connectivity index (χ2v) is 9.51. The largest absolute Gasteiger partial charge is 0.409 e. The van der Waals surface area contributed by atoms with Crippen LogP contribution in [0.4, 0.5) is 8.78 Å². The predicted molar refractivity (Wildman–Crippen MR) is 55.1 cm³/mol. The number of hydrogen-bond donors (Lipinski definition) is 1. The Morgan fingerprint density at radius 2 is 1.57 bits per heavy atom. The smallest absolute Gasteiger partial charge is 0.299 e. The van der Waals surface area contributed by atoms with Gasteiger partial charge in [-0.3, -0.25) is 0 Å². The highest BCUT2D eigenvalue weighted by Gasteiger charge is 2.51. The van der Waals surface area contributed by atoms with Crippen LogP contribution in [0.1, 0.15) is 20.8 Å². The molecule has 0 aliphatic carbocycles. The Bertz CT molecular complexity index is 194. The molecule has 0 amide bonds. The standard InChI is InChI=1S/C9H20F2O2Si/c1-7(13-14(4,5)6)9(10,11)8(2,3)12/h7,12H,1-6H3. The zero-order valence-electron chi connectivity index (χ0n) is 9.69. The van der Waals surface area contributed by atoms with Crippen molar-refractivity contribution < 1.29 is 18.3 Å². The van der Waals surface area contributed by atoms with E-state index < -0.39 is 25.9 Å². The first-order valence-electron chi connectivity index (χ1n) is 4.66. The molecule has 1 N–H and O–H groups in total. The molecule has 2 nitrogen and oxygen atoms in total. The molecule has 5 heteroatoms. The Hall–Kier alpha value is -0.00312. The van der Waals surface area contributed by atoms with Crippen LogP contribution in [0.15, 0.2) is 0 Å². The van der Waals surface area contributed by atoms with Crippen molar-refractivity contribution in [1.82, 2.24) is 0 Å². The number of aliphatic hydroxyl groups is 1. The lowest BCUT2D eigenvalue weighted by Gasteiger charge is -2.36. The Morgan fingerprint density at radius 3 is 1.79 bits per heavy atom. The van der Waals surface area contributed by atoms with Crippen LogP contribution in [0, 0.1) is 0 Å². The van der Waals surface area contributed by atoms with E-state index in [4.69, 9.17) is 4.43 Å². The van der Waals surface area contributed by atoms with Gasteiger partial charge in [0.05, 0.1) is 0 Å². The molecule has 0 aliphatic heterocycles. The number of hydrogen-bond acceptors (Lipinski definition) is 2. The first-order valence-corrected chi connectivity index (χ1v) is 8.07. The van der Waals surface area contributed by atoms with E-state index in [0.717, 1.165) is 13.8 Å². The van der Waals surface area contributed by atoms with Gasteiger partial charge in [0.1, 0.15) is 11.7 Å². The van der Waals surface area contributed by atoms with E-state index in [1.807, 2.05) is 19.6 Å². The van der Waals surface area contributed by atoms with Gasteiger partial charge in [-0.2, -0.15) is 0 Å². The molecular weight excluding hydrogens is 206 g/mol. The van der Waals surface area contributed by atoms with Gasteiger partial charge in [0.25, 0.3) is 5.92 Å². The molecule has 0 aromatic heterocycles. The maximum Gasteiger partial charge on any atom is 0.299 e. The summed E-state index contributed by atoms with van der Waals surface area (Å²) in [4.78, 5) is 0. The molecule has 1 atom stereocenters. The third-order valence-corrected chi connectivity index (χ3v) is 2.92. The molecule has 0 aromatic rings. The lowest BCUT2D eigenvalue weighted by atomic mass is 9.97. The van der Waals surface area contributed by atoms with Crippen molar-refractivity contribution in [2.45, 2.75) is 58.0 Å². The van der Waals surface area contributed by atoms with Crippen molar-refractivity contribution in [3.05, 3.63) is 0 Å². The first kappa shape index (κ1) is 14.0. The molecule has 1 unspecified atom stereocenters. The van der Waals surface area contributed by atoms with E-state index in [2.05, 4.69) is 0 Å². The molecular formula is C9H20F2O2Si. The monoisotopic (exact) mass is 226 g/mol. The summed E-state index contributed by atoms with van der Waals surface area (Å²) >= 11 is 0. The second-order valence-electron chi connectivity index (χ2n) is 5.05. The summed E-state index contributed by atoms with van der Waals surface area (Å²) < 4.78 is 32.3. The summed E-state index contributed by atoms with van der Waals surface area (Å²) in [7, 11) is -2.00. The maximum absolute atomic E-state index is 13.5. The van der Waals surface area contributed by atoms with Crippen molar-refractivity contribution in [3.8, 4) is 0 Å². The van der Waals surface area contributed by atoms with Gasteiger partial charge in [-0.05, 0) is 40.4 Å². The van der Waals surface area contributed by atoms with E-state index in [-0.39, 0.29) is 0 Å². The van der Waals surface area contributed by atoms with E-state index in [1.165, 1.54) is 6.92 Å². The molecule has 0 spiro atoms. The summed E-state index contributed by atoms with van der Waals surface area (Å²) in [6.07, 6.45) is -1.26. The number of halogens is 2. The van der Waals surface area contributed by atoms with Crippen LogP contribution in [0.3, 0.4) is 0 Å². The van der Waals surface area contributed by atoms with E-state index in [1.54, 1.807) is 0 Å². The summed E-state index contributed by atoms with van der Waals surface area (Å²) in [5.74, 6) is -3.23. The highest BCUT2D eigenvalue weighted by atomic mass is 28.4. The van der Waals surface area contributed by atoms with Gasteiger partial charge in [0.2, 0.25) is 0 Å². The lowest BCUT2D eigenvalue weighted by molar-refractivity contribution is -0.206. The fourth-order valence-corrected chi connectivity index (χ4v) is 2.31. The van der Waals surface area contributed by atoms with Crippen LogP contribution in [0.2, 0.25) is 19.6 Å². The highest BCUT2D eigenvalue weighted by Crippen LogP contribution is 2.34. The van der Waals surface area contributed by atoms with Gasteiger partial charge in [-0.15, -0.1) is 0 Å². The van der Waals surface area contributed by atoms with Crippen LogP contribution in [0.5, 0.6) is 0 Å². The molecule has 0 saturated heterocycles. The zero-order chi connectivity index (χ0) is 11.8. The van der Waals surface area contributed by atoms with E-state index in [9.17, 15) is 13.9 Å². The SMILES string of the molecule is CC(O[Si](C)(C)C)C(F)(F)C(C)(C)O. The summed E-state index contributed by atoms with van der Waals surface area (Å²) in [5.41, 5.74) is -2.05. The molecule has 0 radical (unpaired) electrons. The van der Waals surface area contributed by atoms with Crippen LogP contribution < -0.4 is 0 Å². The highest BCUT2D eigenvalue weighted by molar-refractivity contribution is 6.69. The molecule has 86 valence electrons. The topological polar surface area (TPSA) is 29.5 Å². The minimum absolute atomic E-state index is 1.09. The second kappa shape index (κ2) is 3.87. The molecule has 0 aliphatic rings. The van der Waals surface area contributed by atoms with Crippen molar-refractivity contribution in [1.29, 1.82) is 0 Å². The van der Waals surface area contributed by atoms with E-state index >= 15 is 0 Å². The zero-order valence-corrected chi connectivity index (χ0v) is 10.7. The van der Waals surface area contributed by atoms with Crippen LogP contribution >= 0.6 is 0 Å². The quantitative estimate of drug-likeness (QED) is 0.747. The number of rotatable bonds is 4. The maximum atomic E-state index is 13.5. The number of alkyl halides is 2. The van der Waals surface area contributed by atoms with Gasteiger partial charge in [0, 0.05) is 0 Å². The minimum Gasteiger partial charge on any atom is -0.409 e. The average Bonchev–Trinajstić information content (AvgIpc) is 1.80. The normalized spacial score (nSPS) is 16.9. The third kappa shape index (κ3) is 3.63. The summed E-state index contributed by atoms with van der Waals surface area (Å²) in [5, 5.41) is 9.30. The summed E-state index contributed by atoms with van der Waals surface area (Å²) in [6.45, 7) is 9.00. The average molecular weight is 226 g/mol. The Kier molecular flexibility index (Phi) is 3.87. The van der Waals surface area contributed by atoms with Crippen molar-refractivity contribution >= 4 is 8.32 Å². The Labute approximate surface area is 85.4 Å². The van der Waals surface area contributed by atoms with Crippen molar-refractivity contribution in [3.63, 3.8) is 0 Å². The van der Waals surface area contributed by atoms with Crippen LogP contribution in [-0.4, -0.2) is 31.1 Å². The molecule has 0 rings (SSSR count). The first-order chi connectivity index (χ1) is 5.88.